The van der Waals surface area contributed by atoms with E-state index in [-0.39, 0.29) is 12.2 Å². The van der Waals surface area contributed by atoms with Gasteiger partial charge < -0.3 is 14.7 Å². The van der Waals surface area contributed by atoms with Crippen LogP contribution in [0.3, 0.4) is 0 Å². The van der Waals surface area contributed by atoms with Crippen LogP contribution in [0, 0.1) is 0 Å². The van der Waals surface area contributed by atoms with Crippen LogP contribution < -0.4 is 0 Å². The summed E-state index contributed by atoms with van der Waals surface area (Å²) >= 11 is 0. The summed E-state index contributed by atoms with van der Waals surface area (Å²) in [7, 11) is 1.35. The topological polar surface area (TPSA) is 68.1 Å². The first-order valence-electron chi connectivity index (χ1n) is 8.79. The van der Waals surface area contributed by atoms with E-state index >= 15 is 0 Å². The number of carboxylic acids is 1. The summed E-state index contributed by atoms with van der Waals surface area (Å²) in [6, 6.07) is 11.7. The van der Waals surface area contributed by atoms with Crippen LogP contribution in [0.5, 0.6) is 0 Å². The van der Waals surface area contributed by atoms with Crippen molar-refractivity contribution in [1.82, 2.24) is 0 Å². The number of rotatable bonds is 8. The van der Waals surface area contributed by atoms with Gasteiger partial charge in [0.25, 0.3) is 0 Å². The lowest BCUT2D eigenvalue weighted by Gasteiger charge is -2.09. The molecule has 30 heavy (non-hydrogen) atoms. The summed E-state index contributed by atoms with van der Waals surface area (Å²) in [6.07, 6.45) is -0.257. The number of halogens is 3. The highest BCUT2D eigenvalue weighted by Crippen LogP contribution is 2.29. The zero-order valence-corrected chi connectivity index (χ0v) is 16.3. The molecule has 0 saturated heterocycles. The van der Waals surface area contributed by atoms with Crippen molar-refractivity contribution in [2.75, 3.05) is 7.11 Å². The van der Waals surface area contributed by atoms with Gasteiger partial charge in [0.05, 0.1) is 24.6 Å². The molecule has 0 aliphatic heterocycles. The summed E-state index contributed by atoms with van der Waals surface area (Å²) in [4.78, 5) is 16.7. The van der Waals surface area contributed by atoms with Gasteiger partial charge in [0.2, 0.25) is 0 Å². The molecule has 0 heterocycles. The molecular formula is C22H20F3NO4. The highest BCUT2D eigenvalue weighted by molar-refractivity contribution is 6.15. The quantitative estimate of drug-likeness (QED) is 0.270. The van der Waals surface area contributed by atoms with Gasteiger partial charge in [0.15, 0.2) is 0 Å². The van der Waals surface area contributed by atoms with Crippen LogP contribution in [0.1, 0.15) is 29.2 Å². The predicted molar refractivity (Wildman–Crippen MR) is 107 cm³/mol. The van der Waals surface area contributed by atoms with E-state index < -0.39 is 17.7 Å². The van der Waals surface area contributed by atoms with Gasteiger partial charge >= 0.3 is 12.1 Å². The molecule has 2 aromatic rings. The van der Waals surface area contributed by atoms with Crippen LogP contribution in [0.4, 0.5) is 13.2 Å². The zero-order chi connectivity index (χ0) is 22.1. The Bertz CT molecular complexity index is 978. The average Bonchev–Trinajstić information content (AvgIpc) is 2.70. The monoisotopic (exact) mass is 419 g/mol. The molecule has 1 N–H and O–H groups in total. The van der Waals surface area contributed by atoms with E-state index in [1.165, 1.54) is 25.3 Å². The van der Waals surface area contributed by atoms with Crippen molar-refractivity contribution < 1.29 is 32.6 Å². The SMILES string of the molecule is COC=C(C(=O)O)c1ccccc1CON=C(C)C=Cc1cccc(C(F)(F)F)c1. The van der Waals surface area contributed by atoms with Crippen LogP contribution in [-0.2, 0) is 27.2 Å². The molecule has 158 valence electrons. The van der Waals surface area contributed by atoms with E-state index in [1.807, 2.05) is 0 Å². The number of alkyl halides is 3. The second-order valence-corrected chi connectivity index (χ2v) is 6.19. The number of oxime groups is 1. The number of benzene rings is 2. The molecule has 0 radical (unpaired) electrons. The van der Waals surface area contributed by atoms with Gasteiger partial charge in [0.1, 0.15) is 12.2 Å². The number of allylic oxidation sites excluding steroid dienone is 1. The van der Waals surface area contributed by atoms with Gasteiger partial charge in [0, 0.05) is 5.56 Å². The molecule has 0 fully saturated rings. The first kappa shape index (κ1) is 22.7. The van der Waals surface area contributed by atoms with Crippen molar-refractivity contribution >= 4 is 23.3 Å². The van der Waals surface area contributed by atoms with Crippen molar-refractivity contribution in [3.8, 4) is 0 Å². The van der Waals surface area contributed by atoms with Gasteiger partial charge in [-0.1, -0.05) is 47.6 Å². The number of nitrogens with zero attached hydrogens (tertiary/aromatic N) is 1. The highest BCUT2D eigenvalue weighted by Gasteiger charge is 2.30. The number of hydrogen-bond acceptors (Lipinski definition) is 4. The molecule has 2 aromatic carbocycles. The van der Waals surface area contributed by atoms with Gasteiger partial charge in [-0.2, -0.15) is 13.2 Å². The Hall–Kier alpha value is -3.55. The molecule has 2 rings (SSSR count). The standard InChI is InChI=1S/C22H20F3NO4/c1-15(10-11-16-6-5-8-18(12-16)22(23,24)25)26-30-13-17-7-3-4-9-19(17)20(14-29-2)21(27)28/h3-12,14H,13H2,1-2H3,(H,27,28). The first-order valence-corrected chi connectivity index (χ1v) is 8.79. The Balaban J connectivity index is 2.09. The fourth-order valence-corrected chi connectivity index (χ4v) is 2.53. The van der Waals surface area contributed by atoms with E-state index in [0.29, 0.717) is 22.4 Å². The average molecular weight is 419 g/mol. The van der Waals surface area contributed by atoms with Crippen LogP contribution in [0.15, 0.2) is 66.0 Å². The van der Waals surface area contributed by atoms with Gasteiger partial charge in [-0.25, -0.2) is 4.79 Å². The molecule has 0 bridgehead atoms. The van der Waals surface area contributed by atoms with E-state index in [4.69, 9.17) is 9.57 Å². The predicted octanol–water partition coefficient (Wildman–Crippen LogP) is 5.38. The maximum Gasteiger partial charge on any atom is 0.416 e. The third-order valence-electron chi connectivity index (χ3n) is 3.93. The van der Waals surface area contributed by atoms with Crippen LogP contribution in [0.2, 0.25) is 0 Å². The van der Waals surface area contributed by atoms with Gasteiger partial charge in [-0.3, -0.25) is 0 Å². The maximum absolute atomic E-state index is 12.8. The lowest BCUT2D eigenvalue weighted by atomic mass is 10.0. The van der Waals surface area contributed by atoms with Crippen molar-refractivity contribution in [3.63, 3.8) is 0 Å². The minimum Gasteiger partial charge on any atom is -0.503 e. The van der Waals surface area contributed by atoms with Gasteiger partial charge in [-0.15, -0.1) is 0 Å². The maximum atomic E-state index is 12.8. The second kappa shape index (κ2) is 10.3. The first-order chi connectivity index (χ1) is 14.2. The molecule has 5 nitrogen and oxygen atoms in total. The van der Waals surface area contributed by atoms with Crippen molar-refractivity contribution in [2.24, 2.45) is 5.16 Å². The summed E-state index contributed by atoms with van der Waals surface area (Å²) in [5, 5.41) is 13.3. The van der Waals surface area contributed by atoms with Crippen LogP contribution in [-0.4, -0.2) is 23.9 Å². The fourth-order valence-electron chi connectivity index (χ4n) is 2.53. The fraction of sp³-hybridized carbons (Fsp3) is 0.182. The second-order valence-electron chi connectivity index (χ2n) is 6.19. The van der Waals surface area contributed by atoms with Crippen molar-refractivity contribution in [1.29, 1.82) is 0 Å². The lowest BCUT2D eigenvalue weighted by molar-refractivity contribution is -0.137. The molecule has 0 aliphatic rings. The number of hydrogen-bond donors (Lipinski definition) is 1. The Kier molecular flexibility index (Phi) is 7.80. The van der Waals surface area contributed by atoms with Gasteiger partial charge in [-0.05, 0) is 36.3 Å². The molecule has 8 heteroatoms. The molecule has 0 spiro atoms. The largest absolute Gasteiger partial charge is 0.503 e. The normalized spacial score (nSPS) is 12.8. The highest BCUT2D eigenvalue weighted by atomic mass is 19.4. The number of carbonyl (C=O) groups is 1. The molecule has 0 aliphatic carbocycles. The molecule has 0 saturated carbocycles. The van der Waals surface area contributed by atoms with E-state index in [1.54, 1.807) is 37.3 Å². The molecular weight excluding hydrogens is 399 g/mol. The van der Waals surface area contributed by atoms with Crippen molar-refractivity contribution in [2.45, 2.75) is 19.7 Å². The number of carboxylic acid groups (broad SMARTS) is 1. The third kappa shape index (κ3) is 6.51. The Morgan fingerprint density at radius 1 is 1.17 bits per heavy atom. The third-order valence-corrected chi connectivity index (χ3v) is 3.93. The zero-order valence-electron chi connectivity index (χ0n) is 16.3. The Morgan fingerprint density at radius 3 is 2.57 bits per heavy atom. The summed E-state index contributed by atoms with van der Waals surface area (Å²) in [5.74, 6) is -1.15. The minimum atomic E-state index is -4.41. The summed E-state index contributed by atoms with van der Waals surface area (Å²) in [6.45, 7) is 1.63. The minimum absolute atomic E-state index is 0.000748. The molecule has 0 atom stereocenters. The molecule has 0 aromatic heterocycles. The summed E-state index contributed by atoms with van der Waals surface area (Å²) < 4.78 is 43.1. The number of ether oxygens (including phenoxy) is 1. The van der Waals surface area contributed by atoms with E-state index in [0.717, 1.165) is 18.4 Å². The van der Waals surface area contributed by atoms with E-state index in [2.05, 4.69) is 5.16 Å². The Labute approximate surface area is 171 Å². The lowest BCUT2D eigenvalue weighted by Crippen LogP contribution is -2.04. The smallest absolute Gasteiger partial charge is 0.416 e. The molecule has 0 unspecified atom stereocenters. The number of aliphatic carboxylic acids is 1. The van der Waals surface area contributed by atoms with Crippen molar-refractivity contribution in [3.05, 3.63) is 83.1 Å². The molecule has 0 amide bonds. The number of methoxy groups -OCH3 is 1. The van der Waals surface area contributed by atoms with E-state index in [9.17, 15) is 23.1 Å². The van der Waals surface area contributed by atoms with Crippen LogP contribution >= 0.6 is 0 Å². The van der Waals surface area contributed by atoms with Crippen LogP contribution in [0.25, 0.3) is 11.6 Å². The summed E-state index contributed by atoms with van der Waals surface area (Å²) in [5.41, 5.74) is 1.06. The Morgan fingerprint density at radius 2 is 1.90 bits per heavy atom.